The van der Waals surface area contributed by atoms with Crippen molar-refractivity contribution in [3.63, 3.8) is 0 Å². The molecule has 0 fully saturated rings. The second-order valence-corrected chi connectivity index (χ2v) is 8.20. The predicted octanol–water partition coefficient (Wildman–Crippen LogP) is 5.46. The van der Waals surface area contributed by atoms with Crippen LogP contribution < -0.4 is 20.2 Å². The molecular weight excluding hydrogens is 562 g/mol. The fourth-order valence-electron chi connectivity index (χ4n) is 2.89. The van der Waals surface area contributed by atoms with Crippen molar-refractivity contribution in [3.05, 3.63) is 87.0 Å². The van der Waals surface area contributed by atoms with Gasteiger partial charge in [0.15, 0.2) is 18.1 Å². The van der Waals surface area contributed by atoms with Gasteiger partial charge in [-0.3, -0.25) is 10.2 Å². The number of hydrogen-bond acceptors (Lipinski definition) is 5. The fraction of sp³-hybridized carbons (Fsp3) is 0.167. The highest BCUT2D eigenvalue weighted by atomic mass is 127. The van der Waals surface area contributed by atoms with E-state index >= 15 is 0 Å². The first kappa shape index (κ1) is 25.3. The highest BCUT2D eigenvalue weighted by Gasteiger charge is 2.30. The van der Waals surface area contributed by atoms with Crippen LogP contribution >= 0.6 is 22.6 Å². The molecule has 0 bridgehead atoms. The summed E-state index contributed by atoms with van der Waals surface area (Å²) < 4.78 is 50.2. The second-order valence-electron chi connectivity index (χ2n) is 7.03. The number of alkyl halides is 3. The summed E-state index contributed by atoms with van der Waals surface area (Å²) in [6, 6.07) is 17.7. The molecule has 0 unspecified atom stereocenters. The monoisotopic (exact) mass is 583 g/mol. The number of carbonyl (C=O) groups excluding carboxylic acids is 1. The van der Waals surface area contributed by atoms with Crippen LogP contribution in [0.25, 0.3) is 0 Å². The molecule has 34 heavy (non-hydrogen) atoms. The lowest BCUT2D eigenvalue weighted by molar-refractivity contribution is -0.137. The molecule has 0 aliphatic carbocycles. The van der Waals surface area contributed by atoms with Crippen LogP contribution in [0.1, 0.15) is 16.7 Å². The highest BCUT2D eigenvalue weighted by molar-refractivity contribution is 14.1. The Hall–Kier alpha value is -3.28. The summed E-state index contributed by atoms with van der Waals surface area (Å²) in [5.74, 6) is 0.516. The number of carbonyl (C=O) groups is 1. The van der Waals surface area contributed by atoms with Crippen LogP contribution in [-0.2, 0) is 17.5 Å². The zero-order chi connectivity index (χ0) is 24.6. The van der Waals surface area contributed by atoms with E-state index in [1.165, 1.54) is 25.5 Å². The van der Waals surface area contributed by atoms with Crippen LogP contribution in [-0.4, -0.2) is 25.8 Å². The molecule has 0 radical (unpaired) electrons. The first-order valence-electron chi connectivity index (χ1n) is 10.0. The van der Waals surface area contributed by atoms with Gasteiger partial charge in [-0.15, -0.1) is 0 Å². The summed E-state index contributed by atoms with van der Waals surface area (Å²) in [4.78, 5) is 12.2. The Bertz CT molecular complexity index is 1160. The van der Waals surface area contributed by atoms with Crippen LogP contribution in [0.2, 0.25) is 0 Å². The van der Waals surface area contributed by atoms with Crippen LogP contribution in [0.5, 0.6) is 11.5 Å². The van der Waals surface area contributed by atoms with Crippen molar-refractivity contribution in [1.29, 1.82) is 0 Å². The maximum Gasteiger partial charge on any atom is 0.416 e. The molecule has 0 aliphatic rings. The van der Waals surface area contributed by atoms with E-state index in [4.69, 9.17) is 9.47 Å². The minimum atomic E-state index is -4.43. The van der Waals surface area contributed by atoms with Gasteiger partial charge in [0.25, 0.3) is 5.91 Å². The van der Waals surface area contributed by atoms with E-state index in [0.717, 1.165) is 17.7 Å². The van der Waals surface area contributed by atoms with Crippen LogP contribution in [0, 0.1) is 3.57 Å². The Morgan fingerprint density at radius 3 is 2.56 bits per heavy atom. The van der Waals surface area contributed by atoms with Gasteiger partial charge in [-0.1, -0.05) is 36.4 Å². The number of benzene rings is 3. The zero-order valence-corrected chi connectivity index (χ0v) is 20.2. The third kappa shape index (κ3) is 7.37. The molecule has 0 atom stereocenters. The van der Waals surface area contributed by atoms with E-state index in [1.807, 2.05) is 52.9 Å². The van der Waals surface area contributed by atoms with E-state index in [2.05, 4.69) is 15.8 Å². The van der Waals surface area contributed by atoms with Crippen molar-refractivity contribution in [2.45, 2.75) is 12.7 Å². The number of amides is 1. The summed E-state index contributed by atoms with van der Waals surface area (Å²) in [5, 5.41) is 6.79. The van der Waals surface area contributed by atoms with Gasteiger partial charge < -0.3 is 14.8 Å². The zero-order valence-electron chi connectivity index (χ0n) is 18.0. The number of nitrogens with one attached hydrogen (secondary N) is 2. The summed E-state index contributed by atoms with van der Waals surface area (Å²) >= 11 is 2.04. The van der Waals surface area contributed by atoms with Gasteiger partial charge >= 0.3 is 6.18 Å². The van der Waals surface area contributed by atoms with E-state index in [9.17, 15) is 18.0 Å². The molecule has 0 spiro atoms. The minimum Gasteiger partial charge on any atom is -0.493 e. The van der Waals surface area contributed by atoms with Crippen molar-refractivity contribution in [1.82, 2.24) is 5.32 Å². The molecule has 0 saturated carbocycles. The Balaban J connectivity index is 1.61. The fourth-order valence-corrected chi connectivity index (χ4v) is 3.67. The highest BCUT2D eigenvalue weighted by Crippen LogP contribution is 2.34. The molecule has 3 aromatic rings. The van der Waals surface area contributed by atoms with Crippen molar-refractivity contribution < 1.29 is 27.4 Å². The molecule has 2 N–H and O–H groups in total. The number of hydrogen-bond donors (Lipinski definition) is 2. The Morgan fingerprint density at radius 1 is 1.09 bits per heavy atom. The SMILES string of the molecule is COc1cc(C=NNc2cccc(C(F)(F)F)c2)cc(I)c1OCC(=O)NCc1ccccc1. The van der Waals surface area contributed by atoms with Crippen molar-refractivity contribution in [2.75, 3.05) is 19.1 Å². The summed E-state index contributed by atoms with van der Waals surface area (Å²) in [6.45, 7) is 0.204. The van der Waals surface area contributed by atoms with E-state index in [0.29, 0.717) is 27.2 Å². The number of rotatable bonds is 9. The summed E-state index contributed by atoms with van der Waals surface area (Å²) in [5.41, 5.74) is 3.63. The number of halogens is 4. The van der Waals surface area contributed by atoms with Crippen molar-refractivity contribution >= 4 is 40.4 Å². The van der Waals surface area contributed by atoms with Crippen molar-refractivity contribution in [3.8, 4) is 11.5 Å². The lowest BCUT2D eigenvalue weighted by Crippen LogP contribution is -2.28. The number of nitrogens with zero attached hydrogens (tertiary/aromatic N) is 1. The van der Waals surface area contributed by atoms with Gasteiger partial charge in [0.1, 0.15) is 0 Å². The molecule has 0 aromatic heterocycles. The molecule has 0 saturated heterocycles. The quantitative estimate of drug-likeness (QED) is 0.200. The normalized spacial score (nSPS) is 11.3. The molecule has 1 amide bonds. The Labute approximate surface area is 208 Å². The lowest BCUT2D eigenvalue weighted by atomic mass is 10.2. The van der Waals surface area contributed by atoms with Crippen LogP contribution in [0.15, 0.2) is 71.8 Å². The maximum absolute atomic E-state index is 12.8. The molecule has 0 heterocycles. The molecule has 10 heteroatoms. The van der Waals surface area contributed by atoms with E-state index < -0.39 is 11.7 Å². The Morgan fingerprint density at radius 2 is 1.85 bits per heavy atom. The molecular formula is C24H21F3IN3O3. The lowest BCUT2D eigenvalue weighted by Gasteiger charge is -2.13. The molecule has 3 aromatic carbocycles. The predicted molar refractivity (Wildman–Crippen MR) is 132 cm³/mol. The first-order chi connectivity index (χ1) is 16.3. The van der Waals surface area contributed by atoms with E-state index in [1.54, 1.807) is 12.1 Å². The summed E-state index contributed by atoms with van der Waals surface area (Å²) in [7, 11) is 1.47. The van der Waals surface area contributed by atoms with E-state index in [-0.39, 0.29) is 18.2 Å². The first-order valence-corrected chi connectivity index (χ1v) is 11.1. The van der Waals surface area contributed by atoms with Gasteiger partial charge in [-0.05, 0) is 64.0 Å². The van der Waals surface area contributed by atoms with Gasteiger partial charge in [-0.2, -0.15) is 18.3 Å². The third-order valence-corrected chi connectivity index (χ3v) is 5.33. The standard InChI is InChI=1S/C24H21F3IN3O3/c1-33-21-11-17(14-30-31-19-9-5-8-18(12-19)24(25,26)27)10-20(28)23(21)34-15-22(32)29-13-16-6-3-2-4-7-16/h2-12,14,31H,13,15H2,1H3,(H,29,32). The second kappa shape index (κ2) is 11.7. The van der Waals surface area contributed by atoms with Gasteiger partial charge in [0.2, 0.25) is 0 Å². The van der Waals surface area contributed by atoms with Crippen molar-refractivity contribution in [2.24, 2.45) is 5.10 Å². The third-order valence-electron chi connectivity index (χ3n) is 4.53. The number of hydrazone groups is 1. The van der Waals surface area contributed by atoms with Gasteiger partial charge in [0.05, 0.1) is 28.1 Å². The number of ether oxygens (including phenoxy) is 2. The van der Waals surface area contributed by atoms with Crippen LogP contribution in [0.4, 0.5) is 18.9 Å². The van der Waals surface area contributed by atoms with Gasteiger partial charge in [0, 0.05) is 6.54 Å². The maximum atomic E-state index is 12.8. The largest absolute Gasteiger partial charge is 0.493 e. The molecule has 6 nitrogen and oxygen atoms in total. The van der Waals surface area contributed by atoms with Gasteiger partial charge in [-0.25, -0.2) is 0 Å². The molecule has 0 aliphatic heterocycles. The van der Waals surface area contributed by atoms with Crippen LogP contribution in [0.3, 0.4) is 0 Å². The number of anilines is 1. The average molecular weight is 583 g/mol. The molecule has 3 rings (SSSR count). The topological polar surface area (TPSA) is 71.9 Å². The number of methoxy groups -OCH3 is 1. The minimum absolute atomic E-state index is 0.191. The smallest absolute Gasteiger partial charge is 0.416 e. The average Bonchev–Trinajstić information content (AvgIpc) is 2.82. The summed E-state index contributed by atoms with van der Waals surface area (Å²) in [6.07, 6.45) is -2.99. The molecule has 178 valence electrons. The Kier molecular flexibility index (Phi) is 8.74.